The molecule has 2 aromatic rings. The summed E-state index contributed by atoms with van der Waals surface area (Å²) in [5.41, 5.74) is 0.801. The summed E-state index contributed by atoms with van der Waals surface area (Å²) in [7, 11) is 0. The predicted molar refractivity (Wildman–Crippen MR) is 59.2 cm³/mol. The average Bonchev–Trinajstić information content (AvgIpc) is 2.64. The van der Waals surface area contributed by atoms with Crippen LogP contribution in [0, 0.1) is 24.1 Å². The zero-order valence-electron chi connectivity index (χ0n) is 8.12. The summed E-state index contributed by atoms with van der Waals surface area (Å²) in [6.07, 6.45) is 0. The number of rotatable bonds is 1. The maximum atomic E-state index is 13.3. The van der Waals surface area contributed by atoms with Crippen molar-refractivity contribution >= 4 is 11.3 Å². The molecule has 0 aliphatic heterocycles. The molecule has 1 aromatic carbocycles. The molecule has 0 fully saturated rings. The van der Waals surface area contributed by atoms with Crippen LogP contribution in [0.3, 0.4) is 0 Å². The van der Waals surface area contributed by atoms with Crippen LogP contribution in [0.15, 0.2) is 30.3 Å². The van der Waals surface area contributed by atoms with E-state index in [1.165, 1.54) is 6.07 Å². The monoisotopic (exact) mass is 217 g/mol. The molecule has 1 nitrogen and oxygen atoms in total. The second-order valence-corrected chi connectivity index (χ2v) is 4.47. The molecule has 3 heteroatoms. The van der Waals surface area contributed by atoms with Gasteiger partial charge in [-0.3, -0.25) is 0 Å². The van der Waals surface area contributed by atoms with Crippen LogP contribution in [-0.4, -0.2) is 0 Å². The molecule has 15 heavy (non-hydrogen) atoms. The number of nitrogens with zero attached hydrogens (tertiary/aromatic N) is 1. The SMILES string of the molecule is Cc1ccc(-c2cccc(F)c2C#N)s1. The van der Waals surface area contributed by atoms with E-state index in [0.29, 0.717) is 5.56 Å². The molecule has 0 N–H and O–H groups in total. The lowest BCUT2D eigenvalue weighted by Crippen LogP contribution is -1.86. The Bertz CT molecular complexity index is 537. The smallest absolute Gasteiger partial charge is 0.141 e. The topological polar surface area (TPSA) is 23.8 Å². The minimum atomic E-state index is -0.457. The molecule has 0 saturated heterocycles. The van der Waals surface area contributed by atoms with Crippen molar-refractivity contribution in [2.24, 2.45) is 0 Å². The normalized spacial score (nSPS) is 9.93. The molecule has 2 rings (SSSR count). The number of hydrogen-bond acceptors (Lipinski definition) is 2. The summed E-state index contributed by atoms with van der Waals surface area (Å²) in [5, 5.41) is 8.88. The Morgan fingerprint density at radius 3 is 2.67 bits per heavy atom. The minimum Gasteiger partial charge on any atom is -0.206 e. The third-order valence-corrected chi connectivity index (χ3v) is 3.17. The summed E-state index contributed by atoms with van der Waals surface area (Å²) in [5.74, 6) is -0.457. The Morgan fingerprint density at radius 2 is 2.07 bits per heavy atom. The van der Waals surface area contributed by atoms with Gasteiger partial charge in [0.25, 0.3) is 0 Å². The van der Waals surface area contributed by atoms with E-state index in [0.717, 1.165) is 9.75 Å². The van der Waals surface area contributed by atoms with Crippen LogP contribution >= 0.6 is 11.3 Å². The number of aryl methyl sites for hydroxylation is 1. The van der Waals surface area contributed by atoms with Crippen molar-refractivity contribution in [3.8, 4) is 16.5 Å². The van der Waals surface area contributed by atoms with Gasteiger partial charge in [0.1, 0.15) is 11.9 Å². The molecule has 1 aromatic heterocycles. The highest BCUT2D eigenvalue weighted by atomic mass is 32.1. The Hall–Kier alpha value is -1.66. The van der Waals surface area contributed by atoms with E-state index in [-0.39, 0.29) is 5.56 Å². The maximum absolute atomic E-state index is 13.3. The van der Waals surface area contributed by atoms with Crippen molar-refractivity contribution < 1.29 is 4.39 Å². The van der Waals surface area contributed by atoms with Crippen molar-refractivity contribution in [3.05, 3.63) is 46.6 Å². The van der Waals surface area contributed by atoms with Crippen molar-refractivity contribution in [3.63, 3.8) is 0 Å². The zero-order chi connectivity index (χ0) is 10.8. The van der Waals surface area contributed by atoms with Gasteiger partial charge in [-0.2, -0.15) is 5.26 Å². The summed E-state index contributed by atoms with van der Waals surface area (Å²) < 4.78 is 13.3. The molecule has 0 amide bonds. The van der Waals surface area contributed by atoms with E-state index in [1.54, 1.807) is 23.5 Å². The van der Waals surface area contributed by atoms with E-state index in [9.17, 15) is 4.39 Å². The van der Waals surface area contributed by atoms with Gasteiger partial charge in [-0.1, -0.05) is 12.1 Å². The van der Waals surface area contributed by atoms with Crippen LogP contribution in [0.25, 0.3) is 10.4 Å². The molecular weight excluding hydrogens is 209 g/mol. The lowest BCUT2D eigenvalue weighted by molar-refractivity contribution is 0.624. The van der Waals surface area contributed by atoms with E-state index in [2.05, 4.69) is 0 Å². The third-order valence-electron chi connectivity index (χ3n) is 2.13. The van der Waals surface area contributed by atoms with E-state index >= 15 is 0 Å². The van der Waals surface area contributed by atoms with Crippen molar-refractivity contribution in [1.82, 2.24) is 0 Å². The van der Waals surface area contributed by atoms with E-state index in [4.69, 9.17) is 5.26 Å². The fraction of sp³-hybridized carbons (Fsp3) is 0.0833. The van der Waals surface area contributed by atoms with Crippen molar-refractivity contribution in [2.75, 3.05) is 0 Å². The molecular formula is C12H8FNS. The molecule has 0 aliphatic carbocycles. The second kappa shape index (κ2) is 3.84. The first-order valence-corrected chi connectivity index (χ1v) is 5.29. The fourth-order valence-electron chi connectivity index (χ4n) is 1.42. The Kier molecular flexibility index (Phi) is 2.53. The van der Waals surface area contributed by atoms with Crippen LogP contribution in [0.5, 0.6) is 0 Å². The fourth-order valence-corrected chi connectivity index (χ4v) is 2.32. The van der Waals surface area contributed by atoms with Crippen molar-refractivity contribution in [1.29, 1.82) is 5.26 Å². The number of benzene rings is 1. The first-order chi connectivity index (χ1) is 7.22. The Balaban J connectivity index is 2.63. The first kappa shape index (κ1) is 9.88. The molecule has 0 atom stereocenters. The van der Waals surface area contributed by atoms with Gasteiger partial charge in [0, 0.05) is 15.3 Å². The number of halogens is 1. The number of hydrogen-bond donors (Lipinski definition) is 0. The molecule has 0 bridgehead atoms. The highest BCUT2D eigenvalue weighted by molar-refractivity contribution is 7.15. The van der Waals surface area contributed by atoms with Gasteiger partial charge in [0.15, 0.2) is 0 Å². The van der Waals surface area contributed by atoms with Gasteiger partial charge in [-0.25, -0.2) is 4.39 Å². The highest BCUT2D eigenvalue weighted by Crippen LogP contribution is 2.31. The van der Waals surface area contributed by atoms with Crippen LogP contribution in [0.2, 0.25) is 0 Å². The molecule has 0 aliphatic rings. The summed E-state index contributed by atoms with van der Waals surface area (Å²) in [6.45, 7) is 1.99. The quantitative estimate of drug-likeness (QED) is 0.714. The van der Waals surface area contributed by atoms with Gasteiger partial charge in [0.2, 0.25) is 0 Å². The molecule has 1 heterocycles. The van der Waals surface area contributed by atoms with Gasteiger partial charge < -0.3 is 0 Å². The first-order valence-electron chi connectivity index (χ1n) is 4.48. The van der Waals surface area contributed by atoms with Crippen LogP contribution < -0.4 is 0 Å². The Morgan fingerprint density at radius 1 is 1.27 bits per heavy atom. The zero-order valence-corrected chi connectivity index (χ0v) is 8.94. The Labute approximate surface area is 91.4 Å². The standard InChI is InChI=1S/C12H8FNS/c1-8-5-6-12(15-8)9-3-2-4-11(13)10(9)7-14/h2-6H,1H3. The van der Waals surface area contributed by atoms with E-state index < -0.39 is 5.82 Å². The molecule has 0 unspecified atom stereocenters. The molecule has 0 radical (unpaired) electrons. The van der Waals surface area contributed by atoms with Crippen LogP contribution in [0.4, 0.5) is 4.39 Å². The highest BCUT2D eigenvalue weighted by Gasteiger charge is 2.10. The van der Waals surface area contributed by atoms with Gasteiger partial charge in [0.05, 0.1) is 5.56 Å². The second-order valence-electron chi connectivity index (χ2n) is 3.18. The van der Waals surface area contributed by atoms with Gasteiger partial charge in [-0.05, 0) is 25.1 Å². The number of nitriles is 1. The van der Waals surface area contributed by atoms with Crippen LogP contribution in [-0.2, 0) is 0 Å². The predicted octanol–water partition coefficient (Wildman–Crippen LogP) is 3.73. The van der Waals surface area contributed by atoms with Gasteiger partial charge in [-0.15, -0.1) is 11.3 Å². The summed E-state index contributed by atoms with van der Waals surface area (Å²) >= 11 is 1.56. The van der Waals surface area contributed by atoms with Crippen molar-refractivity contribution in [2.45, 2.75) is 6.92 Å². The third kappa shape index (κ3) is 1.77. The molecule has 0 saturated carbocycles. The maximum Gasteiger partial charge on any atom is 0.141 e. The lowest BCUT2D eigenvalue weighted by Gasteiger charge is -2.01. The lowest BCUT2D eigenvalue weighted by atomic mass is 10.1. The van der Waals surface area contributed by atoms with Crippen LogP contribution in [0.1, 0.15) is 10.4 Å². The molecule has 74 valence electrons. The van der Waals surface area contributed by atoms with E-state index in [1.807, 2.05) is 25.1 Å². The largest absolute Gasteiger partial charge is 0.206 e. The minimum absolute atomic E-state index is 0.124. The van der Waals surface area contributed by atoms with Gasteiger partial charge >= 0.3 is 0 Å². The molecule has 0 spiro atoms. The number of thiophene rings is 1. The summed E-state index contributed by atoms with van der Waals surface area (Å²) in [6, 6.07) is 10.5. The summed E-state index contributed by atoms with van der Waals surface area (Å²) in [4.78, 5) is 2.08. The average molecular weight is 217 g/mol.